The average Bonchev–Trinajstić information content (AvgIpc) is 3.49. The number of nitrogens with one attached hydrogen (secondary N) is 1. The largest absolute Gasteiger partial charge is 0.461 e. The predicted octanol–water partition coefficient (Wildman–Crippen LogP) is 6.70. The molecule has 5 rings (SSSR count). The van der Waals surface area contributed by atoms with Gasteiger partial charge in [0.2, 0.25) is 0 Å². The number of esters is 2. The lowest BCUT2D eigenvalue weighted by Crippen LogP contribution is -2.21. The topological polar surface area (TPSA) is 81.3 Å². The maximum Gasteiger partial charge on any atom is 0.317 e. The molecule has 1 aromatic heterocycles. The third-order valence-electron chi connectivity index (χ3n) is 6.34. The summed E-state index contributed by atoms with van der Waals surface area (Å²) in [5.74, 6) is -1.64. The van der Waals surface area contributed by atoms with Crippen LogP contribution in [0.1, 0.15) is 29.3 Å². The number of rotatable bonds is 10. The monoisotopic (exact) mass is 516 g/mol. The quantitative estimate of drug-likeness (QED) is 0.209. The molecule has 1 atom stereocenters. The van der Waals surface area contributed by atoms with Gasteiger partial charge in [0.1, 0.15) is 25.0 Å². The number of hydrogen-bond acceptors (Lipinski definition) is 5. The van der Waals surface area contributed by atoms with E-state index in [0.29, 0.717) is 11.5 Å². The van der Waals surface area contributed by atoms with Crippen LogP contribution in [0.3, 0.4) is 0 Å². The molecule has 6 nitrogen and oxygen atoms in total. The van der Waals surface area contributed by atoms with Crippen molar-refractivity contribution in [1.29, 1.82) is 0 Å². The van der Waals surface area contributed by atoms with E-state index in [1.165, 1.54) is 0 Å². The molecule has 0 aliphatic carbocycles. The normalized spacial score (nSPS) is 11.5. The SMILES string of the molecule is O=C(CC(C(=O)OCc1ccccc1)c1nc(-c2ccc(-c3ccccc3)cc2)c[nH]1)OCc1ccccc1. The first-order chi connectivity index (χ1) is 19.2. The molecule has 194 valence electrons. The van der Waals surface area contributed by atoms with Crippen LogP contribution in [0.15, 0.2) is 121 Å². The first-order valence-corrected chi connectivity index (χ1v) is 12.8. The molecule has 0 amide bonds. The molecule has 0 fully saturated rings. The Hall–Kier alpha value is -4.97. The number of aromatic nitrogens is 2. The first kappa shape index (κ1) is 25.7. The Balaban J connectivity index is 1.32. The second-order valence-electron chi connectivity index (χ2n) is 9.11. The Morgan fingerprint density at radius 1 is 0.641 bits per heavy atom. The number of nitrogens with zero attached hydrogens (tertiary/aromatic N) is 1. The van der Waals surface area contributed by atoms with Crippen LogP contribution in [0, 0.1) is 0 Å². The van der Waals surface area contributed by atoms with E-state index in [1.54, 1.807) is 6.20 Å². The Kier molecular flexibility index (Phi) is 8.24. The smallest absolute Gasteiger partial charge is 0.317 e. The van der Waals surface area contributed by atoms with Crippen molar-refractivity contribution in [3.8, 4) is 22.4 Å². The summed E-state index contributed by atoms with van der Waals surface area (Å²) in [5, 5.41) is 0. The number of aromatic amines is 1. The molecule has 0 aliphatic heterocycles. The first-order valence-electron chi connectivity index (χ1n) is 12.8. The van der Waals surface area contributed by atoms with Crippen molar-refractivity contribution in [1.82, 2.24) is 9.97 Å². The second kappa shape index (κ2) is 12.5. The molecule has 4 aromatic carbocycles. The summed E-state index contributed by atoms with van der Waals surface area (Å²) < 4.78 is 11.0. The number of ether oxygens (including phenoxy) is 2. The van der Waals surface area contributed by atoms with Crippen molar-refractivity contribution in [3.63, 3.8) is 0 Å². The Morgan fingerprint density at radius 2 is 1.15 bits per heavy atom. The van der Waals surface area contributed by atoms with Crippen molar-refractivity contribution >= 4 is 11.9 Å². The Bertz CT molecular complexity index is 1500. The van der Waals surface area contributed by atoms with Gasteiger partial charge >= 0.3 is 11.9 Å². The van der Waals surface area contributed by atoms with Crippen LogP contribution in [-0.4, -0.2) is 21.9 Å². The maximum atomic E-state index is 13.2. The van der Waals surface area contributed by atoms with Crippen molar-refractivity contribution in [3.05, 3.63) is 138 Å². The lowest BCUT2D eigenvalue weighted by molar-refractivity contribution is -0.153. The van der Waals surface area contributed by atoms with Gasteiger partial charge in [-0.25, -0.2) is 4.98 Å². The number of H-pyrrole nitrogens is 1. The molecule has 1 N–H and O–H groups in total. The highest BCUT2D eigenvalue weighted by Gasteiger charge is 2.29. The molecule has 0 saturated heterocycles. The van der Waals surface area contributed by atoms with Crippen LogP contribution in [0.5, 0.6) is 0 Å². The molecule has 6 heteroatoms. The van der Waals surface area contributed by atoms with E-state index in [-0.39, 0.29) is 19.6 Å². The van der Waals surface area contributed by atoms with Gasteiger partial charge in [0.15, 0.2) is 0 Å². The van der Waals surface area contributed by atoms with Gasteiger partial charge in [0.05, 0.1) is 12.1 Å². The predicted molar refractivity (Wildman–Crippen MR) is 149 cm³/mol. The van der Waals surface area contributed by atoms with Crippen molar-refractivity contribution in [2.45, 2.75) is 25.6 Å². The standard InChI is InChI=1S/C33H28N2O4/c36-31(38-22-24-10-4-1-5-11-24)20-29(33(37)39-23-25-12-6-2-7-13-25)32-34-21-30(35-32)28-18-16-27(17-19-28)26-14-8-3-9-15-26/h1-19,21,29H,20,22-23H2,(H,34,35). The van der Waals surface area contributed by atoms with Crippen molar-refractivity contribution in [2.24, 2.45) is 0 Å². The van der Waals surface area contributed by atoms with Gasteiger partial charge < -0.3 is 14.5 Å². The summed E-state index contributed by atoms with van der Waals surface area (Å²) >= 11 is 0. The van der Waals surface area contributed by atoms with Crippen LogP contribution in [-0.2, 0) is 32.3 Å². The van der Waals surface area contributed by atoms with E-state index in [0.717, 1.165) is 27.8 Å². The fourth-order valence-corrected chi connectivity index (χ4v) is 4.21. The molecule has 0 saturated carbocycles. The fourth-order valence-electron chi connectivity index (χ4n) is 4.21. The number of carbonyl (C=O) groups is 2. The number of carbonyl (C=O) groups excluding carboxylic acids is 2. The van der Waals surface area contributed by atoms with E-state index in [1.807, 2.05) is 103 Å². The fraction of sp³-hybridized carbons (Fsp3) is 0.121. The molecule has 5 aromatic rings. The minimum atomic E-state index is -0.936. The van der Waals surface area contributed by atoms with Gasteiger partial charge in [-0.3, -0.25) is 9.59 Å². The lowest BCUT2D eigenvalue weighted by atomic mass is 10.0. The van der Waals surface area contributed by atoms with E-state index in [9.17, 15) is 9.59 Å². The summed E-state index contributed by atoms with van der Waals surface area (Å²) in [6, 6.07) is 37.0. The average molecular weight is 517 g/mol. The summed E-state index contributed by atoms with van der Waals surface area (Å²) in [4.78, 5) is 33.7. The van der Waals surface area contributed by atoms with E-state index >= 15 is 0 Å². The molecular weight excluding hydrogens is 488 g/mol. The van der Waals surface area contributed by atoms with Crippen LogP contribution in [0.2, 0.25) is 0 Å². The van der Waals surface area contributed by atoms with Gasteiger partial charge in [0.25, 0.3) is 0 Å². The third-order valence-corrected chi connectivity index (χ3v) is 6.34. The highest BCUT2D eigenvalue weighted by molar-refractivity contribution is 5.84. The minimum absolute atomic E-state index is 0.101. The Labute approximate surface area is 227 Å². The number of benzene rings is 4. The second-order valence-corrected chi connectivity index (χ2v) is 9.11. The molecule has 39 heavy (non-hydrogen) atoms. The molecular formula is C33H28N2O4. The van der Waals surface area contributed by atoms with Crippen LogP contribution >= 0.6 is 0 Å². The zero-order valence-electron chi connectivity index (χ0n) is 21.3. The van der Waals surface area contributed by atoms with E-state index in [4.69, 9.17) is 9.47 Å². The van der Waals surface area contributed by atoms with Crippen LogP contribution < -0.4 is 0 Å². The van der Waals surface area contributed by atoms with E-state index < -0.39 is 17.9 Å². The van der Waals surface area contributed by atoms with Crippen molar-refractivity contribution < 1.29 is 19.1 Å². The molecule has 1 unspecified atom stereocenters. The molecule has 0 radical (unpaired) electrons. The van der Waals surface area contributed by atoms with Crippen molar-refractivity contribution in [2.75, 3.05) is 0 Å². The Morgan fingerprint density at radius 3 is 1.77 bits per heavy atom. The highest BCUT2D eigenvalue weighted by Crippen LogP contribution is 2.27. The molecule has 0 aliphatic rings. The van der Waals surface area contributed by atoms with Gasteiger partial charge in [-0.15, -0.1) is 0 Å². The summed E-state index contributed by atoms with van der Waals surface area (Å²) in [6.45, 7) is 0.229. The zero-order valence-corrected chi connectivity index (χ0v) is 21.3. The number of imidazole rings is 1. The lowest BCUT2D eigenvalue weighted by Gasteiger charge is -2.14. The molecule has 0 bridgehead atoms. The van der Waals surface area contributed by atoms with E-state index in [2.05, 4.69) is 22.1 Å². The van der Waals surface area contributed by atoms with Crippen LogP contribution in [0.4, 0.5) is 0 Å². The zero-order chi connectivity index (χ0) is 26.9. The molecule has 0 spiro atoms. The minimum Gasteiger partial charge on any atom is -0.461 e. The van der Waals surface area contributed by atoms with Gasteiger partial charge in [-0.05, 0) is 22.3 Å². The summed E-state index contributed by atoms with van der Waals surface area (Å²) in [5.41, 5.74) is 5.51. The summed E-state index contributed by atoms with van der Waals surface area (Å²) in [7, 11) is 0. The molecule has 1 heterocycles. The highest BCUT2D eigenvalue weighted by atomic mass is 16.5. The third kappa shape index (κ3) is 6.87. The summed E-state index contributed by atoms with van der Waals surface area (Å²) in [6.07, 6.45) is 1.54. The van der Waals surface area contributed by atoms with Gasteiger partial charge in [-0.1, -0.05) is 115 Å². The van der Waals surface area contributed by atoms with Gasteiger partial charge in [0, 0.05) is 11.8 Å². The maximum absolute atomic E-state index is 13.2. The van der Waals surface area contributed by atoms with Crippen LogP contribution in [0.25, 0.3) is 22.4 Å². The number of hydrogen-bond donors (Lipinski definition) is 1. The van der Waals surface area contributed by atoms with Gasteiger partial charge in [-0.2, -0.15) is 0 Å².